The predicted molar refractivity (Wildman–Crippen MR) is 85.9 cm³/mol. The maximum absolute atomic E-state index is 12.7. The molecular formula is C16H17Cl2NO4. The SMILES string of the molecule is COC1CC(C(=O)O)N(C(=O)C2CC2c2cccc(Cl)c2Cl)C1. The number of aliphatic carboxylic acids is 1. The number of hydrogen-bond acceptors (Lipinski definition) is 3. The summed E-state index contributed by atoms with van der Waals surface area (Å²) < 4.78 is 5.22. The minimum absolute atomic E-state index is 0.00439. The molecule has 4 unspecified atom stereocenters. The Kier molecular flexibility index (Phi) is 4.54. The molecule has 0 aromatic heterocycles. The Hall–Kier alpha value is -1.30. The molecule has 7 heteroatoms. The van der Waals surface area contributed by atoms with Gasteiger partial charge in [-0.2, -0.15) is 0 Å². The number of amides is 1. The van der Waals surface area contributed by atoms with E-state index in [9.17, 15) is 14.7 Å². The van der Waals surface area contributed by atoms with E-state index in [1.165, 1.54) is 12.0 Å². The first-order valence-electron chi connectivity index (χ1n) is 7.44. The van der Waals surface area contributed by atoms with Gasteiger partial charge in [0.15, 0.2) is 0 Å². The molecule has 4 atom stereocenters. The largest absolute Gasteiger partial charge is 0.480 e. The van der Waals surface area contributed by atoms with Gasteiger partial charge in [0.1, 0.15) is 6.04 Å². The Labute approximate surface area is 144 Å². The number of nitrogens with zero attached hydrogens (tertiary/aromatic N) is 1. The molecule has 1 amide bonds. The summed E-state index contributed by atoms with van der Waals surface area (Å²) in [5, 5.41) is 10.3. The molecule has 1 saturated heterocycles. The molecule has 23 heavy (non-hydrogen) atoms. The fourth-order valence-corrected chi connectivity index (χ4v) is 3.73. The fraction of sp³-hybridized carbons (Fsp3) is 0.500. The highest BCUT2D eigenvalue weighted by molar-refractivity contribution is 6.42. The van der Waals surface area contributed by atoms with Crippen LogP contribution in [0.2, 0.25) is 10.0 Å². The Morgan fingerprint density at radius 3 is 2.70 bits per heavy atom. The van der Waals surface area contributed by atoms with Gasteiger partial charge in [-0.3, -0.25) is 4.79 Å². The van der Waals surface area contributed by atoms with Gasteiger partial charge in [-0.15, -0.1) is 0 Å². The molecule has 1 N–H and O–H groups in total. The molecule has 1 aliphatic carbocycles. The molecule has 2 aliphatic rings. The second-order valence-electron chi connectivity index (χ2n) is 6.03. The summed E-state index contributed by atoms with van der Waals surface area (Å²) in [6.07, 6.45) is 0.763. The summed E-state index contributed by atoms with van der Waals surface area (Å²) in [6.45, 7) is 0.318. The third-order valence-electron chi connectivity index (χ3n) is 4.65. The van der Waals surface area contributed by atoms with Crippen molar-refractivity contribution in [3.05, 3.63) is 33.8 Å². The number of likely N-dealkylation sites (tertiary alicyclic amines) is 1. The smallest absolute Gasteiger partial charge is 0.326 e. The number of hydrogen-bond donors (Lipinski definition) is 1. The van der Waals surface area contributed by atoms with Gasteiger partial charge in [-0.25, -0.2) is 4.79 Å². The van der Waals surface area contributed by atoms with Crippen molar-refractivity contribution in [1.29, 1.82) is 0 Å². The van der Waals surface area contributed by atoms with E-state index in [1.54, 1.807) is 12.1 Å². The zero-order chi connectivity index (χ0) is 16.7. The molecular weight excluding hydrogens is 341 g/mol. The van der Waals surface area contributed by atoms with Crippen LogP contribution >= 0.6 is 23.2 Å². The van der Waals surface area contributed by atoms with Gasteiger partial charge in [-0.05, 0) is 24.0 Å². The summed E-state index contributed by atoms with van der Waals surface area (Å²) >= 11 is 12.2. The van der Waals surface area contributed by atoms with Crippen molar-refractivity contribution in [1.82, 2.24) is 4.90 Å². The van der Waals surface area contributed by atoms with Crippen LogP contribution in [0.25, 0.3) is 0 Å². The molecule has 1 aliphatic heterocycles. The average Bonchev–Trinajstić information content (AvgIpc) is 3.18. The minimum atomic E-state index is -0.990. The van der Waals surface area contributed by atoms with Gasteiger partial charge in [0.2, 0.25) is 5.91 Å². The summed E-state index contributed by atoms with van der Waals surface area (Å²) in [4.78, 5) is 25.5. The van der Waals surface area contributed by atoms with Gasteiger partial charge in [0.05, 0.1) is 16.1 Å². The number of methoxy groups -OCH3 is 1. The quantitative estimate of drug-likeness (QED) is 0.899. The molecule has 0 radical (unpaired) electrons. The van der Waals surface area contributed by atoms with Crippen LogP contribution in [0.3, 0.4) is 0 Å². The Morgan fingerprint density at radius 2 is 2.04 bits per heavy atom. The van der Waals surface area contributed by atoms with Crippen molar-refractivity contribution < 1.29 is 19.4 Å². The van der Waals surface area contributed by atoms with Crippen molar-refractivity contribution in [3.8, 4) is 0 Å². The van der Waals surface area contributed by atoms with Crippen LogP contribution in [0, 0.1) is 5.92 Å². The lowest BCUT2D eigenvalue weighted by atomic mass is 10.1. The number of carbonyl (C=O) groups excluding carboxylic acids is 1. The standard InChI is InChI=1S/C16H17Cl2NO4/c1-23-8-5-13(16(21)22)19(7-8)15(20)11-6-10(11)9-3-2-4-12(17)14(9)18/h2-4,8,10-11,13H,5-7H2,1H3,(H,21,22). The number of rotatable bonds is 4. The first-order chi connectivity index (χ1) is 10.9. The van der Waals surface area contributed by atoms with Crippen molar-refractivity contribution in [3.63, 3.8) is 0 Å². The van der Waals surface area contributed by atoms with Crippen LogP contribution in [-0.4, -0.2) is 47.7 Å². The Bertz CT molecular complexity index is 651. The number of ether oxygens (including phenoxy) is 1. The maximum atomic E-state index is 12.7. The van der Waals surface area contributed by atoms with Gasteiger partial charge in [-0.1, -0.05) is 35.3 Å². The van der Waals surface area contributed by atoms with Crippen LogP contribution in [0.5, 0.6) is 0 Å². The highest BCUT2D eigenvalue weighted by Crippen LogP contribution is 2.52. The van der Waals surface area contributed by atoms with Crippen LogP contribution in [0.1, 0.15) is 24.3 Å². The number of carboxylic acid groups (broad SMARTS) is 1. The fourth-order valence-electron chi connectivity index (χ4n) is 3.28. The first-order valence-corrected chi connectivity index (χ1v) is 8.19. The summed E-state index contributed by atoms with van der Waals surface area (Å²) in [6, 6.07) is 4.56. The van der Waals surface area contributed by atoms with Crippen LogP contribution in [-0.2, 0) is 14.3 Å². The molecule has 0 bridgehead atoms. The lowest BCUT2D eigenvalue weighted by molar-refractivity contribution is -0.148. The Balaban J connectivity index is 1.75. The van der Waals surface area contributed by atoms with E-state index < -0.39 is 12.0 Å². The maximum Gasteiger partial charge on any atom is 0.326 e. The van der Waals surface area contributed by atoms with Gasteiger partial charge < -0.3 is 14.7 Å². The molecule has 3 rings (SSSR count). The predicted octanol–water partition coefficient (Wildman–Crippen LogP) is 2.80. The van der Waals surface area contributed by atoms with E-state index in [0.29, 0.717) is 29.4 Å². The summed E-state index contributed by atoms with van der Waals surface area (Å²) in [5.41, 5.74) is 0.854. The molecule has 1 aromatic rings. The molecule has 5 nitrogen and oxygen atoms in total. The van der Waals surface area contributed by atoms with E-state index >= 15 is 0 Å². The van der Waals surface area contributed by atoms with Crippen molar-refractivity contribution in [2.45, 2.75) is 30.9 Å². The topological polar surface area (TPSA) is 66.8 Å². The van der Waals surface area contributed by atoms with Crippen LogP contribution in [0.4, 0.5) is 0 Å². The second-order valence-corrected chi connectivity index (χ2v) is 6.81. The molecule has 0 spiro atoms. The molecule has 124 valence electrons. The van der Waals surface area contributed by atoms with E-state index in [-0.39, 0.29) is 23.8 Å². The van der Waals surface area contributed by atoms with Gasteiger partial charge in [0, 0.05) is 26.0 Å². The summed E-state index contributed by atoms with van der Waals surface area (Å²) in [5.74, 6) is -1.36. The zero-order valence-corrected chi connectivity index (χ0v) is 14.0. The lowest BCUT2D eigenvalue weighted by Crippen LogP contribution is -2.41. The van der Waals surface area contributed by atoms with E-state index in [4.69, 9.17) is 27.9 Å². The van der Waals surface area contributed by atoms with Crippen molar-refractivity contribution in [2.24, 2.45) is 5.92 Å². The molecule has 1 saturated carbocycles. The van der Waals surface area contributed by atoms with E-state index in [2.05, 4.69) is 0 Å². The number of carbonyl (C=O) groups is 2. The zero-order valence-electron chi connectivity index (χ0n) is 12.5. The molecule has 1 heterocycles. The minimum Gasteiger partial charge on any atom is -0.480 e. The third kappa shape index (κ3) is 3.05. The number of benzene rings is 1. The first kappa shape index (κ1) is 16.6. The number of carboxylic acids is 1. The van der Waals surface area contributed by atoms with E-state index in [1.807, 2.05) is 6.07 Å². The van der Waals surface area contributed by atoms with Crippen molar-refractivity contribution >= 4 is 35.1 Å². The highest BCUT2D eigenvalue weighted by atomic mass is 35.5. The molecule has 1 aromatic carbocycles. The normalized spacial score (nSPS) is 29.6. The lowest BCUT2D eigenvalue weighted by Gasteiger charge is -2.21. The highest BCUT2D eigenvalue weighted by Gasteiger charge is 2.50. The molecule has 2 fully saturated rings. The third-order valence-corrected chi connectivity index (χ3v) is 5.49. The van der Waals surface area contributed by atoms with Crippen molar-refractivity contribution in [2.75, 3.05) is 13.7 Å². The average molecular weight is 358 g/mol. The monoisotopic (exact) mass is 357 g/mol. The second kappa shape index (κ2) is 6.30. The van der Waals surface area contributed by atoms with Crippen LogP contribution in [0.15, 0.2) is 18.2 Å². The Morgan fingerprint density at radius 1 is 1.30 bits per heavy atom. The summed E-state index contributed by atoms with van der Waals surface area (Å²) in [7, 11) is 1.53. The van der Waals surface area contributed by atoms with Gasteiger partial charge >= 0.3 is 5.97 Å². The van der Waals surface area contributed by atoms with E-state index in [0.717, 1.165) is 5.56 Å². The number of halogens is 2. The van der Waals surface area contributed by atoms with Gasteiger partial charge in [0.25, 0.3) is 0 Å². The van der Waals surface area contributed by atoms with Crippen LogP contribution < -0.4 is 0 Å².